The summed E-state index contributed by atoms with van der Waals surface area (Å²) in [6, 6.07) is 0. The molecule has 0 aromatic heterocycles. The van der Waals surface area contributed by atoms with E-state index in [0.717, 1.165) is 6.42 Å². The Morgan fingerprint density at radius 1 is 1.43 bits per heavy atom. The van der Waals surface area contributed by atoms with Crippen LogP contribution in [0, 0.1) is 6.92 Å². The van der Waals surface area contributed by atoms with Crippen molar-refractivity contribution in [1.82, 2.24) is 0 Å². The third kappa shape index (κ3) is 10.7. The minimum absolute atomic E-state index is 0. The molecule has 0 aromatic carbocycles. The Balaban J connectivity index is -0.000000125. The average Bonchev–Trinajstić information content (AvgIpc) is 1.61. The van der Waals surface area contributed by atoms with Crippen molar-refractivity contribution >= 4 is 10.1 Å². The van der Waals surface area contributed by atoms with Gasteiger partial charge >= 0.3 is 10.1 Å². The van der Waals surface area contributed by atoms with Crippen LogP contribution in [-0.2, 0) is 0 Å². The summed E-state index contributed by atoms with van der Waals surface area (Å²) in [6.07, 6.45) is 5.07. The second kappa shape index (κ2) is 9.48. The van der Waals surface area contributed by atoms with E-state index in [9.17, 15) is 0 Å². The molecule has 7 heavy (non-hydrogen) atoms. The Bertz CT molecular complexity index is 20.5. The summed E-state index contributed by atoms with van der Waals surface area (Å²) in [7, 11) is 0. The van der Waals surface area contributed by atoms with Crippen molar-refractivity contribution in [1.29, 1.82) is 0 Å². The van der Waals surface area contributed by atoms with Gasteiger partial charge in [-0.25, -0.2) is 0 Å². The molecule has 0 rings (SSSR count). The second-order valence-corrected chi connectivity index (χ2v) is 1.56. The van der Waals surface area contributed by atoms with Gasteiger partial charge in [-0.3, -0.25) is 0 Å². The standard InChI is InChI=1S/C6H13.Be.H/c1-3-5-6-4-2;;/h1,3-6H2,2H3;;/q-1;+2;-1. The molecule has 0 fully saturated rings. The summed E-state index contributed by atoms with van der Waals surface area (Å²) < 4.78 is 0. The zero-order valence-electron chi connectivity index (χ0n) is 6.24. The molecule has 0 saturated heterocycles. The molecule has 0 aliphatic heterocycles. The number of rotatable bonds is 3. The number of hydrogen-bond acceptors (Lipinski definition) is 0. The first-order valence-corrected chi connectivity index (χ1v) is 2.71. The van der Waals surface area contributed by atoms with Gasteiger partial charge in [-0.05, 0) is 0 Å². The van der Waals surface area contributed by atoms with Crippen LogP contribution >= 0.6 is 0 Å². The molecule has 0 atom stereocenters. The topological polar surface area (TPSA) is 0 Å². The SMILES string of the molecule is [Be+2].[CH2-]CCCCC.[H-]. The molecule has 0 spiro atoms. The monoisotopic (exact) mass is 95.1 g/mol. The van der Waals surface area contributed by atoms with E-state index in [2.05, 4.69) is 13.8 Å². The van der Waals surface area contributed by atoms with Crippen molar-refractivity contribution < 1.29 is 1.43 Å². The number of hydrogen-bond donors (Lipinski definition) is 0. The summed E-state index contributed by atoms with van der Waals surface area (Å²) in [4.78, 5) is 0. The van der Waals surface area contributed by atoms with Crippen LogP contribution < -0.4 is 0 Å². The molecule has 0 nitrogen and oxygen atoms in total. The van der Waals surface area contributed by atoms with Gasteiger partial charge in [0.05, 0.1) is 0 Å². The maximum atomic E-state index is 3.72. The third-order valence-electron chi connectivity index (χ3n) is 0.854. The maximum absolute atomic E-state index is 3.72. The van der Waals surface area contributed by atoms with Crippen LogP contribution in [0.3, 0.4) is 0 Å². The summed E-state index contributed by atoms with van der Waals surface area (Å²) in [5.41, 5.74) is 0. The molecule has 0 amide bonds. The number of unbranched alkanes of at least 4 members (excludes halogenated alkanes) is 3. The quantitative estimate of drug-likeness (QED) is 0.286. The first-order valence-electron chi connectivity index (χ1n) is 2.71. The summed E-state index contributed by atoms with van der Waals surface area (Å²) in [5, 5.41) is 0. The fourth-order valence-corrected chi connectivity index (χ4v) is 0.427. The van der Waals surface area contributed by atoms with Crippen molar-refractivity contribution in [2.45, 2.75) is 32.6 Å². The van der Waals surface area contributed by atoms with E-state index in [1.54, 1.807) is 0 Å². The Hall–Kier alpha value is 0.169. The molecule has 0 aliphatic rings. The van der Waals surface area contributed by atoms with Crippen molar-refractivity contribution in [3.8, 4) is 0 Å². The fourth-order valence-electron chi connectivity index (χ4n) is 0.427. The minimum Gasteiger partial charge on any atom is -1.00 e. The maximum Gasteiger partial charge on any atom is 2.00 e. The van der Waals surface area contributed by atoms with E-state index in [-0.39, 0.29) is 11.5 Å². The zero-order chi connectivity index (χ0) is 4.83. The average molecular weight is 95.2 g/mol. The van der Waals surface area contributed by atoms with Crippen molar-refractivity contribution in [3.63, 3.8) is 0 Å². The predicted octanol–water partition coefficient (Wildman–Crippen LogP) is 2.13. The van der Waals surface area contributed by atoms with Gasteiger partial charge in [0.1, 0.15) is 0 Å². The van der Waals surface area contributed by atoms with Crippen LogP contribution in [-0.4, -0.2) is 10.1 Å². The van der Waals surface area contributed by atoms with Crippen LogP contribution in [0.2, 0.25) is 0 Å². The Morgan fingerprint density at radius 3 is 2.14 bits per heavy atom. The van der Waals surface area contributed by atoms with Crippen molar-refractivity contribution in [2.24, 2.45) is 0 Å². The Morgan fingerprint density at radius 2 is 2.00 bits per heavy atom. The molecule has 0 bridgehead atoms. The molecule has 0 N–H and O–H groups in total. The van der Waals surface area contributed by atoms with E-state index in [4.69, 9.17) is 0 Å². The first kappa shape index (κ1) is 10.2. The first-order chi connectivity index (χ1) is 2.91. The van der Waals surface area contributed by atoms with Gasteiger partial charge in [0.2, 0.25) is 0 Å². The predicted molar refractivity (Wildman–Crippen MR) is 36.4 cm³/mol. The van der Waals surface area contributed by atoms with Crippen molar-refractivity contribution in [2.75, 3.05) is 0 Å². The molecule has 0 aliphatic carbocycles. The van der Waals surface area contributed by atoms with E-state index in [1.807, 2.05) is 0 Å². The molecular formula is C6H14Be. The molecule has 0 unspecified atom stereocenters. The summed E-state index contributed by atoms with van der Waals surface area (Å²) in [5.74, 6) is 0. The molecule has 0 radical (unpaired) electrons. The molecule has 0 heterocycles. The second-order valence-electron chi connectivity index (χ2n) is 1.56. The van der Waals surface area contributed by atoms with Crippen LogP contribution in [0.15, 0.2) is 0 Å². The Labute approximate surface area is 52.0 Å². The van der Waals surface area contributed by atoms with Crippen LogP contribution in [0.25, 0.3) is 0 Å². The van der Waals surface area contributed by atoms with Gasteiger partial charge < -0.3 is 8.35 Å². The zero-order valence-corrected chi connectivity index (χ0v) is 5.24. The minimum atomic E-state index is 0. The van der Waals surface area contributed by atoms with Crippen LogP contribution in [0.5, 0.6) is 0 Å². The summed E-state index contributed by atoms with van der Waals surface area (Å²) in [6.45, 7) is 5.93. The van der Waals surface area contributed by atoms with Crippen LogP contribution in [0.1, 0.15) is 34.0 Å². The van der Waals surface area contributed by atoms with Crippen LogP contribution in [0.4, 0.5) is 0 Å². The van der Waals surface area contributed by atoms with Crippen molar-refractivity contribution in [3.05, 3.63) is 6.92 Å². The van der Waals surface area contributed by atoms with E-state index < -0.39 is 0 Å². The molecule has 0 aromatic rings. The molecule has 40 valence electrons. The molecular weight excluding hydrogens is 81.1 g/mol. The van der Waals surface area contributed by atoms with Gasteiger partial charge in [-0.2, -0.15) is 6.42 Å². The largest absolute Gasteiger partial charge is 2.00 e. The van der Waals surface area contributed by atoms with Gasteiger partial charge in [0.25, 0.3) is 0 Å². The van der Waals surface area contributed by atoms with Gasteiger partial charge in [0.15, 0.2) is 0 Å². The smallest absolute Gasteiger partial charge is 1.00 e. The Kier molecular flexibility index (Phi) is 13.8. The van der Waals surface area contributed by atoms with E-state index in [0.29, 0.717) is 0 Å². The van der Waals surface area contributed by atoms with E-state index in [1.165, 1.54) is 19.3 Å². The van der Waals surface area contributed by atoms with Gasteiger partial charge in [-0.1, -0.05) is 26.2 Å². The van der Waals surface area contributed by atoms with Gasteiger partial charge in [0, 0.05) is 0 Å². The molecule has 1 heteroatoms. The summed E-state index contributed by atoms with van der Waals surface area (Å²) >= 11 is 0. The third-order valence-corrected chi connectivity index (χ3v) is 0.854. The fraction of sp³-hybridized carbons (Fsp3) is 0.833. The van der Waals surface area contributed by atoms with Gasteiger partial charge in [-0.15, -0.1) is 0 Å². The normalized spacial score (nSPS) is 7.71. The molecule has 0 saturated carbocycles. The van der Waals surface area contributed by atoms with E-state index >= 15 is 0 Å².